The molecule has 1 fully saturated rings. The van der Waals surface area contributed by atoms with Crippen LogP contribution >= 0.6 is 0 Å². The number of aromatic nitrogens is 1. The van der Waals surface area contributed by atoms with Crippen LogP contribution in [0.4, 0.5) is 23.7 Å². The Labute approximate surface area is 126 Å². The largest absolute Gasteiger partial charge is 0.468 e. The number of carbonyl (C=O) groups is 1. The zero-order valence-electron chi connectivity index (χ0n) is 11.9. The second kappa shape index (κ2) is 7.33. The Hall–Kier alpha value is -1.99. The Morgan fingerprint density at radius 1 is 1.27 bits per heavy atom. The van der Waals surface area contributed by atoms with Crippen LogP contribution in [0, 0.1) is 0 Å². The summed E-state index contributed by atoms with van der Waals surface area (Å²) in [7, 11) is 0. The Kier molecular flexibility index (Phi) is 5.46. The third-order valence-corrected chi connectivity index (χ3v) is 3.32. The fourth-order valence-electron chi connectivity index (χ4n) is 2.29. The van der Waals surface area contributed by atoms with Crippen LogP contribution in [0.5, 0.6) is 5.88 Å². The van der Waals surface area contributed by atoms with Gasteiger partial charge in [-0.05, 0) is 18.9 Å². The first-order valence-electron chi connectivity index (χ1n) is 7.15. The summed E-state index contributed by atoms with van der Waals surface area (Å²) < 4.78 is 40.5. The van der Waals surface area contributed by atoms with Crippen LogP contribution in [0.2, 0.25) is 0 Å². The fraction of sp³-hybridized carbons (Fsp3) is 0.571. The zero-order chi connectivity index (χ0) is 16.0. The molecule has 1 aromatic heterocycles. The Balaban J connectivity index is 1.79. The highest BCUT2D eigenvalue weighted by molar-refractivity contribution is 5.89. The molecular weight excluding hydrogens is 299 g/mol. The predicted molar refractivity (Wildman–Crippen MR) is 74.8 cm³/mol. The topological polar surface area (TPSA) is 63.2 Å². The smallest absolute Gasteiger partial charge is 0.422 e. The van der Waals surface area contributed by atoms with Crippen LogP contribution in [-0.2, 0) is 0 Å². The normalized spacial score (nSPS) is 16.1. The molecule has 1 saturated carbocycles. The maximum Gasteiger partial charge on any atom is 0.422 e. The number of anilines is 1. The first-order chi connectivity index (χ1) is 10.4. The summed E-state index contributed by atoms with van der Waals surface area (Å²) in [6.07, 6.45) is 2.20. The number of rotatable bonds is 4. The van der Waals surface area contributed by atoms with Gasteiger partial charge in [-0.3, -0.25) is 0 Å². The minimum absolute atomic E-state index is 0.143. The SMILES string of the molecule is O=C(Nc1ccc(OCC(F)(F)F)nc1)NC1CCCCC1. The average Bonchev–Trinajstić information content (AvgIpc) is 2.47. The van der Waals surface area contributed by atoms with E-state index in [1.165, 1.54) is 24.8 Å². The summed E-state index contributed by atoms with van der Waals surface area (Å²) in [6, 6.07) is 2.56. The summed E-state index contributed by atoms with van der Waals surface area (Å²) in [4.78, 5) is 15.5. The van der Waals surface area contributed by atoms with Crippen molar-refractivity contribution in [1.82, 2.24) is 10.3 Å². The van der Waals surface area contributed by atoms with Crippen LogP contribution in [0.25, 0.3) is 0 Å². The molecule has 22 heavy (non-hydrogen) atoms. The maximum atomic E-state index is 12.0. The van der Waals surface area contributed by atoms with Gasteiger partial charge in [-0.25, -0.2) is 9.78 Å². The molecule has 2 N–H and O–H groups in total. The van der Waals surface area contributed by atoms with E-state index in [0.29, 0.717) is 5.69 Å². The minimum atomic E-state index is -4.40. The van der Waals surface area contributed by atoms with Crippen LogP contribution < -0.4 is 15.4 Å². The highest BCUT2D eigenvalue weighted by atomic mass is 19.4. The number of hydrogen-bond donors (Lipinski definition) is 2. The summed E-state index contributed by atoms with van der Waals surface area (Å²) in [5.41, 5.74) is 0.396. The van der Waals surface area contributed by atoms with Gasteiger partial charge in [0.2, 0.25) is 5.88 Å². The summed E-state index contributed by atoms with van der Waals surface area (Å²) >= 11 is 0. The van der Waals surface area contributed by atoms with E-state index in [9.17, 15) is 18.0 Å². The number of nitrogens with zero attached hydrogens (tertiary/aromatic N) is 1. The molecule has 0 aromatic carbocycles. The molecule has 122 valence electrons. The van der Waals surface area contributed by atoms with Crippen molar-refractivity contribution in [3.8, 4) is 5.88 Å². The molecule has 1 aliphatic rings. The van der Waals surface area contributed by atoms with Gasteiger partial charge in [0.1, 0.15) is 0 Å². The van der Waals surface area contributed by atoms with E-state index in [-0.39, 0.29) is 18.0 Å². The first-order valence-corrected chi connectivity index (χ1v) is 7.15. The Morgan fingerprint density at radius 3 is 2.59 bits per heavy atom. The molecule has 5 nitrogen and oxygen atoms in total. The van der Waals surface area contributed by atoms with Gasteiger partial charge < -0.3 is 15.4 Å². The minimum Gasteiger partial charge on any atom is -0.468 e. The van der Waals surface area contributed by atoms with Crippen molar-refractivity contribution in [3.63, 3.8) is 0 Å². The van der Waals surface area contributed by atoms with Crippen LogP contribution in [0.3, 0.4) is 0 Å². The molecule has 0 unspecified atom stereocenters. The van der Waals surface area contributed by atoms with Crippen molar-refractivity contribution in [2.75, 3.05) is 11.9 Å². The molecule has 8 heteroatoms. The van der Waals surface area contributed by atoms with E-state index in [4.69, 9.17) is 0 Å². The van der Waals surface area contributed by atoms with Crippen LogP contribution in [-0.4, -0.2) is 29.8 Å². The molecule has 0 saturated heterocycles. The monoisotopic (exact) mass is 317 g/mol. The van der Waals surface area contributed by atoms with E-state index in [2.05, 4.69) is 20.4 Å². The average molecular weight is 317 g/mol. The van der Waals surface area contributed by atoms with Gasteiger partial charge in [0.15, 0.2) is 6.61 Å². The molecule has 1 aliphatic carbocycles. The maximum absolute atomic E-state index is 12.0. The summed E-state index contributed by atoms with van der Waals surface area (Å²) in [5.74, 6) is -0.143. The lowest BCUT2D eigenvalue weighted by molar-refractivity contribution is -0.154. The number of alkyl halides is 3. The second-order valence-corrected chi connectivity index (χ2v) is 5.22. The van der Waals surface area contributed by atoms with Gasteiger partial charge in [0.05, 0.1) is 11.9 Å². The summed E-state index contributed by atoms with van der Waals surface area (Å²) in [6.45, 7) is -1.39. The third kappa shape index (κ3) is 5.79. The second-order valence-electron chi connectivity index (χ2n) is 5.22. The molecule has 0 radical (unpaired) electrons. The van der Waals surface area contributed by atoms with Crippen molar-refractivity contribution >= 4 is 11.7 Å². The standard InChI is InChI=1S/C14H18F3N3O2/c15-14(16,17)9-22-12-7-6-11(8-18-12)20-13(21)19-10-4-2-1-3-5-10/h6-8,10H,1-5,9H2,(H2,19,20,21). The lowest BCUT2D eigenvalue weighted by atomic mass is 9.96. The van der Waals surface area contributed by atoms with Crippen molar-refractivity contribution in [3.05, 3.63) is 18.3 Å². The number of halogens is 3. The Bertz CT molecular complexity index is 485. The molecule has 0 atom stereocenters. The van der Waals surface area contributed by atoms with Crippen molar-refractivity contribution in [2.45, 2.75) is 44.3 Å². The number of nitrogens with one attached hydrogen (secondary N) is 2. The number of amides is 2. The molecule has 0 bridgehead atoms. The van der Waals surface area contributed by atoms with Crippen molar-refractivity contribution in [2.24, 2.45) is 0 Å². The lowest BCUT2D eigenvalue weighted by Crippen LogP contribution is -2.39. The van der Waals surface area contributed by atoms with Gasteiger partial charge in [0, 0.05) is 12.1 Å². The van der Waals surface area contributed by atoms with Crippen molar-refractivity contribution in [1.29, 1.82) is 0 Å². The van der Waals surface area contributed by atoms with E-state index in [1.807, 2.05) is 0 Å². The highest BCUT2D eigenvalue weighted by Gasteiger charge is 2.28. The van der Waals surface area contributed by atoms with Crippen molar-refractivity contribution < 1.29 is 22.7 Å². The van der Waals surface area contributed by atoms with Crippen LogP contribution in [0.15, 0.2) is 18.3 Å². The molecular formula is C14H18F3N3O2. The fourth-order valence-corrected chi connectivity index (χ4v) is 2.29. The van der Waals surface area contributed by atoms with Gasteiger partial charge in [-0.15, -0.1) is 0 Å². The molecule has 0 aliphatic heterocycles. The number of urea groups is 1. The van der Waals surface area contributed by atoms with Gasteiger partial charge in [-0.2, -0.15) is 13.2 Å². The molecule has 1 aromatic rings. The molecule has 2 rings (SSSR count). The molecule has 0 spiro atoms. The van der Waals surface area contributed by atoms with Gasteiger partial charge >= 0.3 is 12.2 Å². The third-order valence-electron chi connectivity index (χ3n) is 3.32. The number of pyridine rings is 1. The lowest BCUT2D eigenvalue weighted by Gasteiger charge is -2.22. The van der Waals surface area contributed by atoms with Crippen LogP contribution in [0.1, 0.15) is 32.1 Å². The zero-order valence-corrected chi connectivity index (χ0v) is 11.9. The number of carbonyl (C=O) groups excluding carboxylic acids is 1. The quantitative estimate of drug-likeness (QED) is 0.893. The predicted octanol–water partition coefficient (Wildman–Crippen LogP) is 3.48. The van der Waals surface area contributed by atoms with E-state index >= 15 is 0 Å². The number of hydrogen-bond acceptors (Lipinski definition) is 3. The Morgan fingerprint density at radius 2 is 2.00 bits per heavy atom. The first kappa shape index (κ1) is 16.4. The molecule has 2 amide bonds. The van der Waals surface area contributed by atoms with E-state index in [1.54, 1.807) is 0 Å². The molecule has 1 heterocycles. The number of ether oxygens (including phenoxy) is 1. The van der Waals surface area contributed by atoms with Gasteiger partial charge in [0.25, 0.3) is 0 Å². The van der Waals surface area contributed by atoms with Gasteiger partial charge in [-0.1, -0.05) is 19.3 Å². The summed E-state index contributed by atoms with van der Waals surface area (Å²) in [5, 5.41) is 5.47. The van der Waals surface area contributed by atoms with E-state index in [0.717, 1.165) is 25.7 Å². The highest BCUT2D eigenvalue weighted by Crippen LogP contribution is 2.19. The van der Waals surface area contributed by atoms with E-state index < -0.39 is 12.8 Å².